The van der Waals surface area contributed by atoms with Crippen LogP contribution in [0.2, 0.25) is 0 Å². The second kappa shape index (κ2) is 8.74. The van der Waals surface area contributed by atoms with Crippen LogP contribution in [0, 0.1) is 0 Å². The van der Waals surface area contributed by atoms with E-state index in [-0.39, 0.29) is 12.5 Å². The predicted molar refractivity (Wildman–Crippen MR) is 93.0 cm³/mol. The lowest BCUT2D eigenvalue weighted by atomic mass is 10.1. The van der Waals surface area contributed by atoms with Crippen LogP contribution in [0.3, 0.4) is 0 Å². The van der Waals surface area contributed by atoms with Crippen LogP contribution in [-0.4, -0.2) is 29.9 Å². The van der Waals surface area contributed by atoms with Crippen molar-refractivity contribution in [1.82, 2.24) is 4.98 Å². The predicted octanol–water partition coefficient (Wildman–Crippen LogP) is 2.64. The van der Waals surface area contributed by atoms with Crippen LogP contribution < -0.4 is 5.32 Å². The summed E-state index contributed by atoms with van der Waals surface area (Å²) in [6.45, 7) is 1.41. The highest BCUT2D eigenvalue weighted by Gasteiger charge is 2.06. The largest absolute Gasteiger partial charge is 0.465 e. The summed E-state index contributed by atoms with van der Waals surface area (Å²) in [6.07, 6.45) is 2.86. The molecule has 0 saturated carbocycles. The summed E-state index contributed by atoms with van der Waals surface area (Å²) in [6, 6.07) is 6.59. The van der Waals surface area contributed by atoms with Gasteiger partial charge >= 0.3 is 11.9 Å². The van der Waals surface area contributed by atoms with Gasteiger partial charge in [-0.05, 0) is 23.8 Å². The molecule has 0 bridgehead atoms. The molecule has 130 valence electrons. The van der Waals surface area contributed by atoms with Gasteiger partial charge < -0.3 is 14.8 Å². The first-order valence-corrected chi connectivity index (χ1v) is 8.11. The molecule has 0 aliphatic carbocycles. The summed E-state index contributed by atoms with van der Waals surface area (Å²) in [5.74, 6) is -1.15. The Balaban J connectivity index is 1.85. The van der Waals surface area contributed by atoms with Gasteiger partial charge in [-0.15, -0.1) is 11.3 Å². The molecule has 1 heterocycles. The molecule has 0 saturated heterocycles. The van der Waals surface area contributed by atoms with Crippen LogP contribution in [0.15, 0.2) is 35.7 Å². The number of amides is 1. The highest BCUT2D eigenvalue weighted by Crippen LogP contribution is 2.16. The van der Waals surface area contributed by atoms with Crippen LogP contribution in [-0.2, 0) is 25.7 Å². The Labute approximate surface area is 148 Å². The first-order valence-electron chi connectivity index (χ1n) is 7.23. The molecule has 2 aromatic rings. The summed E-state index contributed by atoms with van der Waals surface area (Å²) >= 11 is 1.26. The van der Waals surface area contributed by atoms with Crippen molar-refractivity contribution in [1.29, 1.82) is 0 Å². The van der Waals surface area contributed by atoms with E-state index in [0.29, 0.717) is 16.4 Å². The van der Waals surface area contributed by atoms with Gasteiger partial charge in [-0.1, -0.05) is 12.1 Å². The van der Waals surface area contributed by atoms with Crippen molar-refractivity contribution in [3.8, 4) is 0 Å². The molecule has 7 nitrogen and oxygen atoms in total. The van der Waals surface area contributed by atoms with E-state index in [0.717, 1.165) is 5.56 Å². The van der Waals surface area contributed by atoms with Crippen LogP contribution in [0.25, 0.3) is 6.08 Å². The third-order valence-corrected chi connectivity index (χ3v) is 3.75. The number of esters is 2. The van der Waals surface area contributed by atoms with Gasteiger partial charge in [0.15, 0.2) is 5.13 Å². The lowest BCUT2D eigenvalue weighted by Gasteiger charge is -2.00. The van der Waals surface area contributed by atoms with E-state index >= 15 is 0 Å². The zero-order valence-electron chi connectivity index (χ0n) is 13.6. The van der Waals surface area contributed by atoms with Crippen molar-refractivity contribution in [2.45, 2.75) is 13.5 Å². The molecule has 0 fully saturated rings. The fraction of sp³-hybridized carbons (Fsp3) is 0.176. The first kappa shape index (κ1) is 18.3. The minimum Gasteiger partial charge on any atom is -0.465 e. The number of aromatic nitrogens is 1. The quantitative estimate of drug-likeness (QED) is 0.629. The molecule has 1 aromatic carbocycles. The molecular formula is C17H16N2O5S. The fourth-order valence-corrected chi connectivity index (χ4v) is 2.53. The van der Waals surface area contributed by atoms with Gasteiger partial charge in [0.25, 0.3) is 0 Å². The third kappa shape index (κ3) is 5.85. The molecule has 25 heavy (non-hydrogen) atoms. The molecule has 0 aliphatic rings. The molecule has 0 aliphatic heterocycles. The number of methoxy groups -OCH3 is 1. The summed E-state index contributed by atoms with van der Waals surface area (Å²) in [4.78, 5) is 38.1. The number of carbonyl (C=O) groups is 3. The monoisotopic (exact) mass is 360 g/mol. The molecule has 0 atom stereocenters. The molecule has 1 N–H and O–H groups in total. The smallest absolute Gasteiger partial charge is 0.337 e. The Morgan fingerprint density at radius 3 is 2.60 bits per heavy atom. The zero-order chi connectivity index (χ0) is 18.2. The number of carbonyl (C=O) groups excluding carboxylic acids is 3. The molecule has 0 radical (unpaired) electrons. The van der Waals surface area contributed by atoms with Crippen molar-refractivity contribution in [2.75, 3.05) is 12.4 Å². The van der Waals surface area contributed by atoms with Crippen molar-refractivity contribution in [3.05, 3.63) is 52.5 Å². The number of anilines is 1. The van der Waals surface area contributed by atoms with E-state index in [2.05, 4.69) is 15.0 Å². The highest BCUT2D eigenvalue weighted by atomic mass is 32.1. The molecule has 0 unspecified atom stereocenters. The minimum atomic E-state index is -0.522. The maximum Gasteiger partial charge on any atom is 0.337 e. The molecule has 1 aromatic heterocycles. The number of benzene rings is 1. The molecule has 1 amide bonds. The maximum absolute atomic E-state index is 11.7. The van der Waals surface area contributed by atoms with E-state index in [1.54, 1.807) is 35.7 Å². The number of thiazole rings is 1. The molecule has 2 rings (SSSR count). The Morgan fingerprint density at radius 2 is 1.96 bits per heavy atom. The Bertz CT molecular complexity index is 796. The SMILES string of the molecule is COC(=O)c1ccc(/C=C/C(=O)OCc2csc(NC(C)=O)n2)cc1. The summed E-state index contributed by atoms with van der Waals surface area (Å²) < 4.78 is 9.69. The van der Waals surface area contributed by atoms with Gasteiger partial charge in [0, 0.05) is 18.4 Å². The third-order valence-electron chi connectivity index (χ3n) is 2.94. The zero-order valence-corrected chi connectivity index (χ0v) is 14.5. The van der Waals surface area contributed by atoms with Crippen LogP contribution >= 0.6 is 11.3 Å². The van der Waals surface area contributed by atoms with E-state index < -0.39 is 11.9 Å². The lowest BCUT2D eigenvalue weighted by molar-refractivity contribution is -0.139. The average Bonchev–Trinajstić information content (AvgIpc) is 3.04. The van der Waals surface area contributed by atoms with Crippen molar-refractivity contribution < 1.29 is 23.9 Å². The maximum atomic E-state index is 11.7. The van der Waals surface area contributed by atoms with Crippen molar-refractivity contribution >= 4 is 40.4 Å². The summed E-state index contributed by atoms with van der Waals surface area (Å²) in [7, 11) is 1.31. The normalized spacial score (nSPS) is 10.5. The van der Waals surface area contributed by atoms with Gasteiger partial charge in [-0.3, -0.25) is 4.79 Å². The number of hydrogen-bond acceptors (Lipinski definition) is 7. The number of ether oxygens (including phenoxy) is 2. The van der Waals surface area contributed by atoms with Crippen molar-refractivity contribution in [3.63, 3.8) is 0 Å². The Kier molecular flexibility index (Phi) is 6.41. The van der Waals surface area contributed by atoms with Crippen LogP contribution in [0.4, 0.5) is 5.13 Å². The number of nitrogens with zero attached hydrogens (tertiary/aromatic N) is 1. The minimum absolute atomic E-state index is 0.0144. The fourth-order valence-electron chi connectivity index (χ4n) is 1.79. The highest BCUT2D eigenvalue weighted by molar-refractivity contribution is 7.13. The van der Waals surface area contributed by atoms with E-state index in [1.165, 1.54) is 31.4 Å². The molecular weight excluding hydrogens is 344 g/mol. The second-order valence-electron chi connectivity index (χ2n) is 4.88. The second-order valence-corrected chi connectivity index (χ2v) is 5.74. The topological polar surface area (TPSA) is 94.6 Å². The van der Waals surface area contributed by atoms with E-state index in [1.807, 2.05) is 0 Å². The average molecular weight is 360 g/mol. The van der Waals surface area contributed by atoms with Crippen LogP contribution in [0.5, 0.6) is 0 Å². The first-order chi connectivity index (χ1) is 12.0. The van der Waals surface area contributed by atoms with Gasteiger partial charge in [-0.2, -0.15) is 0 Å². The number of nitrogens with one attached hydrogen (secondary N) is 1. The standard InChI is InChI=1S/C17H16N2O5S/c1-11(20)18-17-19-14(10-25-17)9-24-15(21)8-5-12-3-6-13(7-4-12)16(22)23-2/h3-8,10H,9H2,1-2H3,(H,18,19,20)/b8-5+. The summed E-state index contributed by atoms with van der Waals surface area (Å²) in [5.41, 5.74) is 1.73. The van der Waals surface area contributed by atoms with Gasteiger partial charge in [0.2, 0.25) is 5.91 Å². The number of rotatable bonds is 6. The molecule has 0 spiro atoms. The van der Waals surface area contributed by atoms with Crippen molar-refractivity contribution in [2.24, 2.45) is 0 Å². The van der Waals surface area contributed by atoms with E-state index in [4.69, 9.17) is 4.74 Å². The summed E-state index contributed by atoms with van der Waals surface area (Å²) in [5, 5.41) is 4.72. The Morgan fingerprint density at radius 1 is 1.24 bits per heavy atom. The lowest BCUT2D eigenvalue weighted by Crippen LogP contribution is -2.06. The van der Waals surface area contributed by atoms with Gasteiger partial charge in [-0.25, -0.2) is 14.6 Å². The van der Waals surface area contributed by atoms with Crippen LogP contribution in [0.1, 0.15) is 28.5 Å². The molecule has 8 heteroatoms. The number of hydrogen-bond donors (Lipinski definition) is 1. The van der Waals surface area contributed by atoms with Gasteiger partial charge in [0.05, 0.1) is 18.4 Å². The van der Waals surface area contributed by atoms with E-state index in [9.17, 15) is 14.4 Å². The van der Waals surface area contributed by atoms with Gasteiger partial charge in [0.1, 0.15) is 6.61 Å². The Hall–Kier alpha value is -3.00.